The van der Waals surface area contributed by atoms with E-state index in [0.717, 1.165) is 13.0 Å². The summed E-state index contributed by atoms with van der Waals surface area (Å²) in [6.45, 7) is 7.28. The molecule has 2 aromatic carbocycles. The van der Waals surface area contributed by atoms with E-state index in [1.54, 1.807) is 0 Å². The monoisotopic (exact) mass is 267 g/mol. The first-order chi connectivity index (χ1) is 9.75. The molecule has 1 heteroatoms. The van der Waals surface area contributed by atoms with Gasteiger partial charge in [0.15, 0.2) is 0 Å². The van der Waals surface area contributed by atoms with Crippen molar-refractivity contribution < 1.29 is 0 Å². The zero-order valence-corrected chi connectivity index (χ0v) is 13.1. The van der Waals surface area contributed by atoms with Crippen LogP contribution in [0, 0.1) is 6.92 Å². The van der Waals surface area contributed by atoms with Crippen LogP contribution in [-0.2, 0) is 6.42 Å². The van der Waals surface area contributed by atoms with Gasteiger partial charge in [0.2, 0.25) is 0 Å². The Morgan fingerprint density at radius 3 is 2.30 bits per heavy atom. The Labute approximate surface area is 123 Å². The van der Waals surface area contributed by atoms with Crippen molar-refractivity contribution >= 4 is 0 Å². The second kappa shape index (κ2) is 6.71. The third-order valence-corrected chi connectivity index (χ3v) is 3.92. The number of hydrogen-bond acceptors (Lipinski definition) is 1. The van der Waals surface area contributed by atoms with Crippen LogP contribution in [-0.4, -0.2) is 18.5 Å². The van der Waals surface area contributed by atoms with Crippen molar-refractivity contribution in [2.24, 2.45) is 0 Å². The van der Waals surface area contributed by atoms with Gasteiger partial charge in [-0.3, -0.25) is 4.90 Å². The van der Waals surface area contributed by atoms with Crippen molar-refractivity contribution in [2.75, 3.05) is 13.6 Å². The maximum atomic E-state index is 2.45. The highest BCUT2D eigenvalue weighted by Crippen LogP contribution is 2.33. The average Bonchev–Trinajstić information content (AvgIpc) is 2.50. The fourth-order valence-corrected chi connectivity index (χ4v) is 2.87. The molecular weight excluding hydrogens is 242 g/mol. The van der Waals surface area contributed by atoms with E-state index in [0.29, 0.717) is 6.04 Å². The molecule has 0 aromatic heterocycles. The Morgan fingerprint density at radius 1 is 0.950 bits per heavy atom. The molecule has 1 unspecified atom stereocenters. The minimum absolute atomic E-state index is 0.413. The molecule has 0 amide bonds. The van der Waals surface area contributed by atoms with Crippen molar-refractivity contribution in [3.63, 3.8) is 0 Å². The van der Waals surface area contributed by atoms with Crippen LogP contribution in [0.4, 0.5) is 0 Å². The predicted molar refractivity (Wildman–Crippen MR) is 87.1 cm³/mol. The molecular formula is C19H25N. The Kier molecular flexibility index (Phi) is 4.97. The predicted octanol–water partition coefficient (Wildman–Crippen LogP) is 4.60. The Balaban J connectivity index is 0.000000704. The van der Waals surface area contributed by atoms with Gasteiger partial charge in [-0.25, -0.2) is 0 Å². The molecule has 0 N–H and O–H groups in total. The quantitative estimate of drug-likeness (QED) is 0.730. The summed E-state index contributed by atoms with van der Waals surface area (Å²) in [6.07, 6.45) is 1.16. The van der Waals surface area contributed by atoms with E-state index in [4.69, 9.17) is 0 Å². The lowest BCUT2D eigenvalue weighted by Crippen LogP contribution is -2.32. The maximum absolute atomic E-state index is 2.45. The molecule has 2 aromatic rings. The van der Waals surface area contributed by atoms with Crippen LogP contribution in [0.1, 0.15) is 42.1 Å². The van der Waals surface area contributed by atoms with Gasteiger partial charge in [-0.15, -0.1) is 0 Å². The molecule has 1 atom stereocenters. The summed E-state index contributed by atoms with van der Waals surface area (Å²) in [7, 11) is 2.22. The van der Waals surface area contributed by atoms with E-state index in [1.165, 1.54) is 22.3 Å². The minimum atomic E-state index is 0.413. The molecule has 106 valence electrons. The fraction of sp³-hybridized carbons (Fsp3) is 0.368. The third-order valence-electron chi connectivity index (χ3n) is 3.92. The van der Waals surface area contributed by atoms with Crippen LogP contribution >= 0.6 is 0 Å². The maximum Gasteiger partial charge on any atom is 0.0602 e. The summed E-state index contributed by atoms with van der Waals surface area (Å²) in [5, 5.41) is 0. The first-order valence-corrected chi connectivity index (χ1v) is 7.60. The molecule has 0 spiro atoms. The second-order valence-corrected chi connectivity index (χ2v) is 5.24. The number of nitrogens with zero attached hydrogens (tertiary/aromatic N) is 1. The Hall–Kier alpha value is -1.60. The lowest BCUT2D eigenvalue weighted by molar-refractivity contribution is 0.265. The van der Waals surface area contributed by atoms with E-state index in [-0.39, 0.29) is 0 Å². The lowest BCUT2D eigenvalue weighted by atomic mass is 9.88. The van der Waals surface area contributed by atoms with Crippen molar-refractivity contribution in [1.29, 1.82) is 0 Å². The van der Waals surface area contributed by atoms with E-state index in [2.05, 4.69) is 67.4 Å². The molecule has 1 aliphatic rings. The van der Waals surface area contributed by atoms with Gasteiger partial charge in [0.25, 0.3) is 0 Å². The summed E-state index contributed by atoms with van der Waals surface area (Å²) in [5.74, 6) is 0. The van der Waals surface area contributed by atoms with Crippen LogP contribution in [0.2, 0.25) is 0 Å². The molecule has 0 saturated carbocycles. The first kappa shape index (κ1) is 14.8. The fourth-order valence-electron chi connectivity index (χ4n) is 2.87. The van der Waals surface area contributed by atoms with Gasteiger partial charge in [0.05, 0.1) is 6.04 Å². The SMILES string of the molecule is CC.Cc1ccc(C2c3ccccc3CCN2C)cc1. The smallest absolute Gasteiger partial charge is 0.0602 e. The van der Waals surface area contributed by atoms with Gasteiger partial charge >= 0.3 is 0 Å². The first-order valence-electron chi connectivity index (χ1n) is 7.60. The number of benzene rings is 2. The van der Waals surface area contributed by atoms with Gasteiger partial charge in [0.1, 0.15) is 0 Å². The molecule has 0 radical (unpaired) electrons. The molecule has 0 aliphatic carbocycles. The van der Waals surface area contributed by atoms with Gasteiger partial charge in [0, 0.05) is 6.54 Å². The summed E-state index contributed by atoms with van der Waals surface area (Å²) in [6, 6.07) is 18.2. The molecule has 0 saturated heterocycles. The van der Waals surface area contributed by atoms with Crippen LogP contribution in [0.15, 0.2) is 48.5 Å². The van der Waals surface area contributed by atoms with Gasteiger partial charge in [-0.2, -0.15) is 0 Å². The van der Waals surface area contributed by atoms with Gasteiger partial charge in [-0.05, 0) is 37.1 Å². The number of aryl methyl sites for hydroxylation is 1. The second-order valence-electron chi connectivity index (χ2n) is 5.24. The molecule has 1 aliphatic heterocycles. The lowest BCUT2D eigenvalue weighted by Gasteiger charge is -2.35. The number of rotatable bonds is 1. The van der Waals surface area contributed by atoms with Crippen LogP contribution in [0.25, 0.3) is 0 Å². The van der Waals surface area contributed by atoms with Crippen molar-refractivity contribution in [3.8, 4) is 0 Å². The molecule has 0 fully saturated rings. The summed E-state index contributed by atoms with van der Waals surface area (Å²) >= 11 is 0. The van der Waals surface area contributed by atoms with E-state index in [9.17, 15) is 0 Å². The van der Waals surface area contributed by atoms with Crippen molar-refractivity contribution in [3.05, 3.63) is 70.8 Å². The number of likely N-dealkylation sites (N-methyl/N-ethyl adjacent to an activating group) is 1. The normalized spacial score (nSPS) is 17.9. The van der Waals surface area contributed by atoms with Crippen molar-refractivity contribution in [2.45, 2.75) is 33.2 Å². The molecule has 3 rings (SSSR count). The number of hydrogen-bond donors (Lipinski definition) is 0. The largest absolute Gasteiger partial charge is 0.295 e. The zero-order chi connectivity index (χ0) is 14.5. The molecule has 20 heavy (non-hydrogen) atoms. The van der Waals surface area contributed by atoms with Crippen LogP contribution < -0.4 is 0 Å². The summed E-state index contributed by atoms with van der Waals surface area (Å²) in [5.41, 5.74) is 5.69. The highest BCUT2D eigenvalue weighted by atomic mass is 15.1. The topological polar surface area (TPSA) is 3.24 Å². The summed E-state index contributed by atoms with van der Waals surface area (Å²) in [4.78, 5) is 2.45. The Morgan fingerprint density at radius 2 is 1.60 bits per heavy atom. The average molecular weight is 267 g/mol. The van der Waals surface area contributed by atoms with Gasteiger partial charge in [-0.1, -0.05) is 67.9 Å². The highest BCUT2D eigenvalue weighted by molar-refractivity contribution is 5.40. The van der Waals surface area contributed by atoms with E-state index < -0.39 is 0 Å². The standard InChI is InChI=1S/C17H19N.C2H6/c1-13-7-9-15(10-8-13)17-16-6-4-3-5-14(16)11-12-18(17)2;1-2/h3-10,17H,11-12H2,1-2H3;1-2H3. The Bertz CT molecular complexity index is 542. The summed E-state index contributed by atoms with van der Waals surface area (Å²) < 4.78 is 0. The molecule has 1 nitrogen and oxygen atoms in total. The number of fused-ring (bicyclic) bond motifs is 1. The van der Waals surface area contributed by atoms with E-state index >= 15 is 0 Å². The molecule has 0 bridgehead atoms. The zero-order valence-electron chi connectivity index (χ0n) is 13.1. The third kappa shape index (κ3) is 2.94. The van der Waals surface area contributed by atoms with Crippen LogP contribution in [0.3, 0.4) is 0 Å². The minimum Gasteiger partial charge on any atom is -0.295 e. The molecule has 1 heterocycles. The van der Waals surface area contributed by atoms with E-state index in [1.807, 2.05) is 13.8 Å². The van der Waals surface area contributed by atoms with Crippen LogP contribution in [0.5, 0.6) is 0 Å². The van der Waals surface area contributed by atoms with Crippen molar-refractivity contribution in [1.82, 2.24) is 4.90 Å². The van der Waals surface area contributed by atoms with Gasteiger partial charge < -0.3 is 0 Å². The highest BCUT2D eigenvalue weighted by Gasteiger charge is 2.25.